The summed E-state index contributed by atoms with van der Waals surface area (Å²) in [7, 11) is 1.61. The Kier molecular flexibility index (Phi) is 8.19. The molecule has 0 spiro atoms. The number of aliphatic hydroxyl groups excluding tert-OH is 1. The molecule has 1 aromatic carbocycles. The first-order valence-electron chi connectivity index (χ1n) is 9.36. The van der Waals surface area contributed by atoms with E-state index in [4.69, 9.17) is 9.47 Å². The van der Waals surface area contributed by atoms with Gasteiger partial charge in [0.15, 0.2) is 5.96 Å². The number of hydrogen-bond donors (Lipinski definition) is 2. The second kappa shape index (κ2) is 10.6. The Morgan fingerprint density at radius 3 is 2.37 bits per heavy atom. The first-order chi connectivity index (χ1) is 13.1. The molecule has 8 heteroatoms. The maximum atomic E-state index is 11.8. The van der Waals surface area contributed by atoms with E-state index in [1.54, 1.807) is 18.9 Å². The highest BCUT2D eigenvalue weighted by atomic mass is 16.6. The predicted molar refractivity (Wildman–Crippen MR) is 104 cm³/mol. The van der Waals surface area contributed by atoms with E-state index in [1.807, 2.05) is 31.2 Å². The number of aliphatic imine (C=N–C) groups is 1. The monoisotopic (exact) mass is 378 g/mol. The standard InChI is InChI=1S/C19H30N4O4/c1-4-20-18(22-10-12-23(13-11-22)19(25)27-5-2)21-14-17(24)15-6-8-16(26-3)9-7-15/h6-9,17,24H,4-5,10-14H2,1-3H3,(H,20,21). The van der Waals surface area contributed by atoms with E-state index in [1.165, 1.54) is 0 Å². The lowest BCUT2D eigenvalue weighted by Gasteiger charge is -2.36. The van der Waals surface area contributed by atoms with E-state index >= 15 is 0 Å². The average molecular weight is 378 g/mol. The third-order valence-corrected chi connectivity index (χ3v) is 4.35. The Balaban J connectivity index is 1.94. The van der Waals surface area contributed by atoms with Gasteiger partial charge < -0.3 is 29.7 Å². The molecule has 2 rings (SSSR count). The fourth-order valence-corrected chi connectivity index (χ4v) is 2.85. The Hall–Kier alpha value is -2.48. The summed E-state index contributed by atoms with van der Waals surface area (Å²) in [5.74, 6) is 1.50. The summed E-state index contributed by atoms with van der Waals surface area (Å²) in [6.07, 6.45) is -0.959. The fraction of sp³-hybridized carbons (Fsp3) is 0.579. The molecule has 1 fully saturated rings. The van der Waals surface area contributed by atoms with Crippen molar-refractivity contribution in [2.24, 2.45) is 4.99 Å². The van der Waals surface area contributed by atoms with Gasteiger partial charge in [0.1, 0.15) is 5.75 Å². The summed E-state index contributed by atoms with van der Waals surface area (Å²) < 4.78 is 10.2. The number of guanidine groups is 1. The summed E-state index contributed by atoms with van der Waals surface area (Å²) in [6, 6.07) is 7.32. The highest BCUT2D eigenvalue weighted by molar-refractivity contribution is 5.80. The highest BCUT2D eigenvalue weighted by Gasteiger charge is 2.23. The normalized spacial score (nSPS) is 16.1. The van der Waals surface area contributed by atoms with Gasteiger partial charge in [0.05, 0.1) is 26.4 Å². The zero-order valence-electron chi connectivity index (χ0n) is 16.4. The number of aliphatic hydroxyl groups is 1. The minimum absolute atomic E-state index is 0.257. The number of rotatable bonds is 6. The zero-order chi connectivity index (χ0) is 19.6. The lowest BCUT2D eigenvalue weighted by molar-refractivity contribution is 0.0914. The molecule has 0 saturated carbocycles. The van der Waals surface area contributed by atoms with Gasteiger partial charge in [0, 0.05) is 32.7 Å². The maximum absolute atomic E-state index is 11.8. The van der Waals surface area contributed by atoms with Crippen molar-refractivity contribution in [2.45, 2.75) is 20.0 Å². The quantitative estimate of drug-likeness (QED) is 0.576. The molecule has 1 amide bonds. The van der Waals surface area contributed by atoms with E-state index in [-0.39, 0.29) is 12.6 Å². The van der Waals surface area contributed by atoms with Gasteiger partial charge in [-0.1, -0.05) is 12.1 Å². The molecule has 0 aromatic heterocycles. The van der Waals surface area contributed by atoms with Crippen LogP contribution in [0.3, 0.4) is 0 Å². The minimum atomic E-state index is -0.689. The molecule has 1 unspecified atom stereocenters. The molecule has 0 bridgehead atoms. The van der Waals surface area contributed by atoms with E-state index in [0.29, 0.717) is 32.8 Å². The van der Waals surface area contributed by atoms with Crippen molar-refractivity contribution in [1.29, 1.82) is 0 Å². The number of piperazine rings is 1. The molecule has 1 aliphatic rings. The number of benzene rings is 1. The van der Waals surface area contributed by atoms with Gasteiger partial charge in [-0.3, -0.25) is 4.99 Å². The Bertz CT molecular complexity index is 613. The van der Waals surface area contributed by atoms with Crippen LogP contribution < -0.4 is 10.1 Å². The topological polar surface area (TPSA) is 86.6 Å². The van der Waals surface area contributed by atoms with Gasteiger partial charge in [-0.05, 0) is 31.5 Å². The largest absolute Gasteiger partial charge is 0.497 e. The van der Waals surface area contributed by atoms with E-state index in [9.17, 15) is 9.90 Å². The van der Waals surface area contributed by atoms with Crippen molar-refractivity contribution in [3.05, 3.63) is 29.8 Å². The molecule has 1 heterocycles. The van der Waals surface area contributed by atoms with Crippen molar-refractivity contribution < 1.29 is 19.4 Å². The molecule has 27 heavy (non-hydrogen) atoms. The average Bonchev–Trinajstić information content (AvgIpc) is 2.71. The SMILES string of the molecule is CCNC(=NCC(O)c1ccc(OC)cc1)N1CCN(C(=O)OCC)CC1. The van der Waals surface area contributed by atoms with Crippen molar-refractivity contribution >= 4 is 12.1 Å². The summed E-state index contributed by atoms with van der Waals surface area (Å²) in [5, 5.41) is 13.7. The van der Waals surface area contributed by atoms with Crippen LogP contribution in [-0.2, 0) is 4.74 Å². The van der Waals surface area contributed by atoms with Crippen molar-refractivity contribution in [3.8, 4) is 5.75 Å². The number of amides is 1. The molecular weight excluding hydrogens is 348 g/mol. The third kappa shape index (κ3) is 6.02. The van der Waals surface area contributed by atoms with Crippen LogP contribution in [0.4, 0.5) is 4.79 Å². The molecule has 1 aliphatic heterocycles. The van der Waals surface area contributed by atoms with Gasteiger partial charge >= 0.3 is 6.09 Å². The summed E-state index contributed by atoms with van der Waals surface area (Å²) in [5.41, 5.74) is 0.794. The fourth-order valence-electron chi connectivity index (χ4n) is 2.85. The van der Waals surface area contributed by atoms with Crippen molar-refractivity contribution in [2.75, 3.05) is 53.0 Å². The predicted octanol–water partition coefficient (Wildman–Crippen LogP) is 1.47. The van der Waals surface area contributed by atoms with E-state index < -0.39 is 6.10 Å². The molecule has 0 radical (unpaired) electrons. The summed E-state index contributed by atoms with van der Waals surface area (Å²) >= 11 is 0. The summed E-state index contributed by atoms with van der Waals surface area (Å²) in [6.45, 7) is 7.69. The van der Waals surface area contributed by atoms with E-state index in [2.05, 4.69) is 15.2 Å². The number of carbonyl (C=O) groups is 1. The number of ether oxygens (including phenoxy) is 2. The van der Waals surface area contributed by atoms with Crippen LogP contribution in [0.25, 0.3) is 0 Å². The maximum Gasteiger partial charge on any atom is 0.409 e. The second-order valence-corrected chi connectivity index (χ2v) is 6.16. The molecule has 1 atom stereocenters. The first kappa shape index (κ1) is 20.8. The lowest BCUT2D eigenvalue weighted by Crippen LogP contribution is -2.54. The number of nitrogens with zero attached hydrogens (tertiary/aromatic N) is 3. The van der Waals surface area contributed by atoms with Gasteiger partial charge in [-0.15, -0.1) is 0 Å². The Labute approximate surface area is 160 Å². The minimum Gasteiger partial charge on any atom is -0.497 e. The van der Waals surface area contributed by atoms with Gasteiger partial charge in [-0.2, -0.15) is 0 Å². The molecule has 0 aliphatic carbocycles. The van der Waals surface area contributed by atoms with Crippen molar-refractivity contribution in [3.63, 3.8) is 0 Å². The number of methoxy groups -OCH3 is 1. The number of hydrogen-bond acceptors (Lipinski definition) is 5. The van der Waals surface area contributed by atoms with Gasteiger partial charge in [0.2, 0.25) is 0 Å². The smallest absolute Gasteiger partial charge is 0.409 e. The molecule has 8 nitrogen and oxygen atoms in total. The molecule has 2 N–H and O–H groups in total. The zero-order valence-corrected chi connectivity index (χ0v) is 16.4. The van der Waals surface area contributed by atoms with Gasteiger partial charge in [0.25, 0.3) is 0 Å². The van der Waals surface area contributed by atoms with Gasteiger partial charge in [-0.25, -0.2) is 4.79 Å². The summed E-state index contributed by atoms with van der Waals surface area (Å²) in [4.78, 5) is 20.2. The van der Waals surface area contributed by atoms with Crippen LogP contribution in [0.1, 0.15) is 25.5 Å². The van der Waals surface area contributed by atoms with Crippen LogP contribution >= 0.6 is 0 Å². The number of nitrogens with one attached hydrogen (secondary N) is 1. The molecule has 150 valence electrons. The molecule has 1 aromatic rings. The third-order valence-electron chi connectivity index (χ3n) is 4.35. The first-order valence-corrected chi connectivity index (χ1v) is 9.36. The Morgan fingerprint density at radius 2 is 1.81 bits per heavy atom. The van der Waals surface area contributed by atoms with Crippen LogP contribution in [0.15, 0.2) is 29.3 Å². The van der Waals surface area contributed by atoms with Crippen molar-refractivity contribution in [1.82, 2.24) is 15.1 Å². The highest BCUT2D eigenvalue weighted by Crippen LogP contribution is 2.18. The van der Waals surface area contributed by atoms with Crippen LogP contribution in [0, 0.1) is 0 Å². The second-order valence-electron chi connectivity index (χ2n) is 6.16. The van der Waals surface area contributed by atoms with E-state index in [0.717, 1.165) is 23.8 Å². The number of carbonyl (C=O) groups excluding carboxylic acids is 1. The lowest BCUT2D eigenvalue weighted by atomic mass is 10.1. The van der Waals surface area contributed by atoms with Crippen LogP contribution in [0.2, 0.25) is 0 Å². The van der Waals surface area contributed by atoms with Crippen LogP contribution in [0.5, 0.6) is 5.75 Å². The molecular formula is C19H30N4O4. The molecule has 1 saturated heterocycles. The Morgan fingerprint density at radius 1 is 1.19 bits per heavy atom. The van der Waals surface area contributed by atoms with Crippen LogP contribution in [-0.4, -0.2) is 79.9 Å².